The van der Waals surface area contributed by atoms with Crippen LogP contribution in [0.15, 0.2) is 0 Å². The lowest BCUT2D eigenvalue weighted by atomic mass is 9.74. The molecule has 0 saturated heterocycles. The SMILES string of the molecule is CCC(CC)NC(=O)COC1(CN)CCC(C(C)C)CC1. The van der Waals surface area contributed by atoms with E-state index < -0.39 is 0 Å². The molecule has 0 aliphatic heterocycles. The molecule has 0 aromatic carbocycles. The van der Waals surface area contributed by atoms with E-state index in [0.717, 1.165) is 50.4 Å². The van der Waals surface area contributed by atoms with Crippen LogP contribution in [-0.4, -0.2) is 30.7 Å². The van der Waals surface area contributed by atoms with Gasteiger partial charge in [-0.3, -0.25) is 4.79 Å². The van der Waals surface area contributed by atoms with E-state index in [4.69, 9.17) is 10.5 Å². The van der Waals surface area contributed by atoms with Crippen LogP contribution in [0.25, 0.3) is 0 Å². The number of carbonyl (C=O) groups excluding carboxylic acids is 1. The number of rotatable bonds is 8. The van der Waals surface area contributed by atoms with Crippen LogP contribution < -0.4 is 11.1 Å². The standard InChI is InChI=1S/C17H34N2O2/c1-5-15(6-2)19-16(20)11-21-17(12-18)9-7-14(8-10-17)13(3)4/h13-15H,5-12,18H2,1-4H3,(H,19,20). The maximum Gasteiger partial charge on any atom is 0.246 e. The molecule has 1 saturated carbocycles. The number of hydrogen-bond donors (Lipinski definition) is 2. The summed E-state index contributed by atoms with van der Waals surface area (Å²) in [6.45, 7) is 9.39. The summed E-state index contributed by atoms with van der Waals surface area (Å²) < 4.78 is 5.96. The fourth-order valence-electron chi connectivity index (χ4n) is 3.22. The minimum atomic E-state index is -0.281. The van der Waals surface area contributed by atoms with Crippen molar-refractivity contribution >= 4 is 5.91 Å². The zero-order chi connectivity index (χ0) is 15.9. The second-order valence-electron chi connectivity index (χ2n) is 6.84. The van der Waals surface area contributed by atoms with E-state index in [0.29, 0.717) is 6.54 Å². The monoisotopic (exact) mass is 298 g/mol. The summed E-state index contributed by atoms with van der Waals surface area (Å²) in [5, 5.41) is 3.02. The van der Waals surface area contributed by atoms with Crippen molar-refractivity contribution < 1.29 is 9.53 Å². The quantitative estimate of drug-likeness (QED) is 0.724. The molecule has 0 aromatic rings. The fourth-order valence-corrected chi connectivity index (χ4v) is 3.22. The Morgan fingerprint density at radius 3 is 2.29 bits per heavy atom. The van der Waals surface area contributed by atoms with E-state index in [1.807, 2.05) is 0 Å². The summed E-state index contributed by atoms with van der Waals surface area (Å²) >= 11 is 0. The summed E-state index contributed by atoms with van der Waals surface area (Å²) in [6, 6.07) is 0.256. The molecule has 1 rings (SSSR count). The number of hydrogen-bond acceptors (Lipinski definition) is 3. The molecule has 124 valence electrons. The third-order valence-corrected chi connectivity index (χ3v) is 5.12. The van der Waals surface area contributed by atoms with Crippen LogP contribution >= 0.6 is 0 Å². The van der Waals surface area contributed by atoms with Gasteiger partial charge in [0.15, 0.2) is 0 Å². The van der Waals surface area contributed by atoms with E-state index in [1.165, 1.54) is 0 Å². The molecule has 0 bridgehead atoms. The van der Waals surface area contributed by atoms with Gasteiger partial charge in [-0.05, 0) is 50.4 Å². The Kier molecular flexibility index (Phi) is 7.67. The number of carbonyl (C=O) groups is 1. The Morgan fingerprint density at radius 2 is 1.86 bits per heavy atom. The van der Waals surface area contributed by atoms with Crippen molar-refractivity contribution in [3.63, 3.8) is 0 Å². The molecule has 0 atom stereocenters. The molecule has 0 radical (unpaired) electrons. The van der Waals surface area contributed by atoms with Crippen molar-refractivity contribution in [3.05, 3.63) is 0 Å². The summed E-state index contributed by atoms with van der Waals surface area (Å²) in [7, 11) is 0. The van der Waals surface area contributed by atoms with Gasteiger partial charge in [-0.25, -0.2) is 0 Å². The zero-order valence-electron chi connectivity index (χ0n) is 14.3. The van der Waals surface area contributed by atoms with Crippen LogP contribution in [0.2, 0.25) is 0 Å². The van der Waals surface area contributed by atoms with Gasteiger partial charge in [0.05, 0.1) is 5.60 Å². The zero-order valence-corrected chi connectivity index (χ0v) is 14.3. The van der Waals surface area contributed by atoms with E-state index >= 15 is 0 Å². The van der Waals surface area contributed by atoms with Crippen molar-refractivity contribution in [1.29, 1.82) is 0 Å². The summed E-state index contributed by atoms with van der Waals surface area (Å²) in [5.41, 5.74) is 5.66. The van der Waals surface area contributed by atoms with Crippen LogP contribution in [0.3, 0.4) is 0 Å². The van der Waals surface area contributed by atoms with E-state index in [2.05, 4.69) is 33.0 Å². The van der Waals surface area contributed by atoms with Gasteiger partial charge in [0.1, 0.15) is 6.61 Å². The van der Waals surface area contributed by atoms with Crippen molar-refractivity contribution in [2.75, 3.05) is 13.2 Å². The van der Waals surface area contributed by atoms with Gasteiger partial charge >= 0.3 is 0 Å². The van der Waals surface area contributed by atoms with Crippen LogP contribution in [0.5, 0.6) is 0 Å². The number of nitrogens with one attached hydrogen (secondary N) is 1. The highest BCUT2D eigenvalue weighted by Crippen LogP contribution is 2.37. The normalized spacial score (nSPS) is 26.3. The second-order valence-corrected chi connectivity index (χ2v) is 6.84. The average molecular weight is 298 g/mol. The topological polar surface area (TPSA) is 64.3 Å². The molecule has 4 heteroatoms. The first kappa shape index (κ1) is 18.4. The maximum atomic E-state index is 12.0. The predicted octanol–water partition coefficient (Wildman–Crippen LogP) is 2.85. The second kappa shape index (κ2) is 8.74. The molecule has 1 aliphatic rings. The lowest BCUT2D eigenvalue weighted by molar-refractivity contribution is -0.137. The highest BCUT2D eigenvalue weighted by atomic mass is 16.5. The van der Waals surface area contributed by atoms with Crippen molar-refractivity contribution in [1.82, 2.24) is 5.32 Å². The number of amides is 1. The molecule has 0 spiro atoms. The highest BCUT2D eigenvalue weighted by Gasteiger charge is 2.36. The lowest BCUT2D eigenvalue weighted by Crippen LogP contribution is -2.47. The first-order valence-electron chi connectivity index (χ1n) is 8.59. The largest absolute Gasteiger partial charge is 0.364 e. The molecule has 0 unspecified atom stereocenters. The molecule has 3 N–H and O–H groups in total. The molecular formula is C17H34N2O2. The van der Waals surface area contributed by atoms with Crippen molar-refractivity contribution in [3.8, 4) is 0 Å². The molecule has 4 nitrogen and oxygen atoms in total. The van der Waals surface area contributed by atoms with Crippen LogP contribution in [0.1, 0.15) is 66.2 Å². The Balaban J connectivity index is 2.42. The van der Waals surface area contributed by atoms with Gasteiger partial charge in [0.25, 0.3) is 0 Å². The number of nitrogens with two attached hydrogens (primary N) is 1. The van der Waals surface area contributed by atoms with Gasteiger partial charge in [0.2, 0.25) is 5.91 Å². The van der Waals surface area contributed by atoms with E-state index in [1.54, 1.807) is 0 Å². The molecule has 0 heterocycles. The Labute approximate surface area is 130 Å². The molecule has 1 aliphatic carbocycles. The van der Waals surface area contributed by atoms with Crippen molar-refractivity contribution in [2.45, 2.75) is 77.9 Å². The molecular weight excluding hydrogens is 264 g/mol. The Hall–Kier alpha value is -0.610. The predicted molar refractivity (Wildman–Crippen MR) is 87.0 cm³/mol. The third-order valence-electron chi connectivity index (χ3n) is 5.12. The molecule has 1 amide bonds. The number of ether oxygens (including phenoxy) is 1. The van der Waals surface area contributed by atoms with E-state index in [-0.39, 0.29) is 24.2 Å². The van der Waals surface area contributed by atoms with Crippen LogP contribution in [0.4, 0.5) is 0 Å². The first-order valence-corrected chi connectivity index (χ1v) is 8.59. The summed E-state index contributed by atoms with van der Waals surface area (Å²) in [6.07, 6.45) is 6.18. The first-order chi connectivity index (χ1) is 9.96. The Morgan fingerprint density at radius 1 is 1.29 bits per heavy atom. The lowest BCUT2D eigenvalue weighted by Gasteiger charge is -2.40. The Bertz CT molecular complexity index is 306. The minimum Gasteiger partial charge on any atom is -0.364 e. The minimum absolute atomic E-state index is 0.0116. The summed E-state index contributed by atoms with van der Waals surface area (Å²) in [5.74, 6) is 1.48. The highest BCUT2D eigenvalue weighted by molar-refractivity contribution is 5.77. The van der Waals surface area contributed by atoms with Gasteiger partial charge in [-0.15, -0.1) is 0 Å². The molecule has 21 heavy (non-hydrogen) atoms. The van der Waals surface area contributed by atoms with Gasteiger partial charge < -0.3 is 15.8 Å². The fraction of sp³-hybridized carbons (Fsp3) is 0.941. The van der Waals surface area contributed by atoms with Crippen LogP contribution in [0, 0.1) is 11.8 Å². The van der Waals surface area contributed by atoms with Gasteiger partial charge in [-0.2, -0.15) is 0 Å². The third kappa shape index (κ3) is 5.59. The molecule has 0 aromatic heterocycles. The summed E-state index contributed by atoms with van der Waals surface area (Å²) in [4.78, 5) is 12.0. The van der Waals surface area contributed by atoms with Gasteiger partial charge in [-0.1, -0.05) is 27.7 Å². The average Bonchev–Trinajstić information content (AvgIpc) is 2.50. The maximum absolute atomic E-state index is 12.0. The van der Waals surface area contributed by atoms with Crippen LogP contribution in [-0.2, 0) is 9.53 Å². The molecule has 1 fully saturated rings. The van der Waals surface area contributed by atoms with Gasteiger partial charge in [0, 0.05) is 12.6 Å². The van der Waals surface area contributed by atoms with E-state index in [9.17, 15) is 4.79 Å². The van der Waals surface area contributed by atoms with Crippen molar-refractivity contribution in [2.24, 2.45) is 17.6 Å². The smallest absolute Gasteiger partial charge is 0.246 e.